The molecule has 3 heteroatoms. The first-order valence-corrected chi connectivity index (χ1v) is 7.84. The predicted octanol–water partition coefficient (Wildman–Crippen LogP) is 4.05. The van der Waals surface area contributed by atoms with Crippen molar-refractivity contribution in [1.29, 1.82) is 0 Å². The Labute approximate surface area is 125 Å². The molecule has 1 N–H and O–H groups in total. The van der Waals surface area contributed by atoms with E-state index in [1.165, 1.54) is 5.56 Å². The molecule has 0 amide bonds. The van der Waals surface area contributed by atoms with Crippen LogP contribution in [0.1, 0.15) is 32.3 Å². The normalized spacial score (nSPS) is 12.9. The Bertz CT molecular complexity index is 352. The highest BCUT2D eigenvalue weighted by molar-refractivity contribution is 9.10. The van der Waals surface area contributed by atoms with Gasteiger partial charge in [-0.15, -0.1) is 0 Å². The molecule has 0 aliphatic carbocycles. The van der Waals surface area contributed by atoms with E-state index in [1.807, 2.05) is 18.2 Å². The van der Waals surface area contributed by atoms with Crippen LogP contribution < -0.4 is 0 Å². The Morgan fingerprint density at radius 2 is 1.84 bits per heavy atom. The van der Waals surface area contributed by atoms with Crippen LogP contribution in [-0.4, -0.2) is 24.9 Å². The quantitative estimate of drug-likeness (QED) is 0.693. The number of ether oxygens (including phenoxy) is 1. The van der Waals surface area contributed by atoms with Gasteiger partial charge in [0.25, 0.3) is 0 Å². The van der Waals surface area contributed by atoms with E-state index in [9.17, 15) is 5.11 Å². The van der Waals surface area contributed by atoms with Crippen LogP contribution in [0.25, 0.3) is 0 Å². The lowest BCUT2D eigenvalue weighted by Crippen LogP contribution is -2.13. The third-order valence-corrected chi connectivity index (χ3v) is 4.01. The van der Waals surface area contributed by atoms with Crippen LogP contribution in [0.15, 0.2) is 28.7 Å². The second-order valence-electron chi connectivity index (χ2n) is 5.43. The first-order chi connectivity index (χ1) is 9.13. The van der Waals surface area contributed by atoms with Crippen LogP contribution in [0.5, 0.6) is 0 Å². The van der Waals surface area contributed by atoms with Gasteiger partial charge in [-0.25, -0.2) is 0 Å². The second-order valence-corrected chi connectivity index (χ2v) is 6.28. The van der Waals surface area contributed by atoms with E-state index in [0.717, 1.165) is 36.9 Å². The summed E-state index contributed by atoms with van der Waals surface area (Å²) in [6.45, 7) is 6.18. The van der Waals surface area contributed by atoms with Crippen molar-refractivity contribution in [1.82, 2.24) is 0 Å². The lowest BCUT2D eigenvalue weighted by atomic mass is 9.97. The van der Waals surface area contributed by atoms with Crippen molar-refractivity contribution < 1.29 is 9.84 Å². The van der Waals surface area contributed by atoms with E-state index in [4.69, 9.17) is 4.74 Å². The molecule has 1 unspecified atom stereocenters. The smallest absolute Gasteiger partial charge is 0.0469 e. The molecule has 0 fully saturated rings. The molecule has 0 saturated heterocycles. The first-order valence-electron chi connectivity index (χ1n) is 7.05. The molecule has 19 heavy (non-hydrogen) atoms. The van der Waals surface area contributed by atoms with Gasteiger partial charge in [-0.2, -0.15) is 0 Å². The molecule has 108 valence electrons. The van der Waals surface area contributed by atoms with E-state index in [2.05, 4.69) is 35.8 Å². The third kappa shape index (κ3) is 7.09. The minimum absolute atomic E-state index is 0.217. The minimum atomic E-state index is 0.217. The van der Waals surface area contributed by atoms with E-state index in [-0.39, 0.29) is 12.5 Å². The number of aliphatic hydroxyl groups is 1. The van der Waals surface area contributed by atoms with Gasteiger partial charge in [0.2, 0.25) is 0 Å². The molecule has 0 spiro atoms. The summed E-state index contributed by atoms with van der Waals surface area (Å²) in [5.74, 6) is 0.965. The summed E-state index contributed by atoms with van der Waals surface area (Å²) in [6, 6.07) is 8.19. The summed E-state index contributed by atoms with van der Waals surface area (Å²) in [4.78, 5) is 0. The summed E-state index contributed by atoms with van der Waals surface area (Å²) in [5, 5.41) is 9.45. The van der Waals surface area contributed by atoms with Crippen molar-refractivity contribution in [2.24, 2.45) is 11.8 Å². The number of aliphatic hydroxyl groups excluding tert-OH is 1. The van der Waals surface area contributed by atoms with Crippen LogP contribution in [0.2, 0.25) is 0 Å². The monoisotopic (exact) mass is 328 g/mol. The maximum Gasteiger partial charge on any atom is 0.0469 e. The zero-order chi connectivity index (χ0) is 14.1. The van der Waals surface area contributed by atoms with Crippen molar-refractivity contribution in [2.75, 3.05) is 19.8 Å². The van der Waals surface area contributed by atoms with Crippen molar-refractivity contribution in [3.63, 3.8) is 0 Å². The van der Waals surface area contributed by atoms with E-state index in [0.29, 0.717) is 5.92 Å². The largest absolute Gasteiger partial charge is 0.396 e. The van der Waals surface area contributed by atoms with Gasteiger partial charge in [0.05, 0.1) is 0 Å². The highest BCUT2D eigenvalue weighted by Crippen LogP contribution is 2.20. The molecule has 0 aromatic heterocycles. The van der Waals surface area contributed by atoms with Crippen LogP contribution in [0.3, 0.4) is 0 Å². The molecule has 1 aromatic rings. The lowest BCUT2D eigenvalue weighted by Gasteiger charge is -2.15. The van der Waals surface area contributed by atoms with Gasteiger partial charge in [-0.1, -0.05) is 48.0 Å². The number of rotatable bonds is 9. The third-order valence-electron chi connectivity index (χ3n) is 3.23. The summed E-state index contributed by atoms with van der Waals surface area (Å²) in [6.07, 6.45) is 2.91. The Balaban J connectivity index is 2.28. The highest BCUT2D eigenvalue weighted by Gasteiger charge is 2.10. The topological polar surface area (TPSA) is 29.5 Å². The highest BCUT2D eigenvalue weighted by atomic mass is 79.9. The van der Waals surface area contributed by atoms with Gasteiger partial charge in [0.1, 0.15) is 0 Å². The average Bonchev–Trinajstić information content (AvgIpc) is 2.39. The van der Waals surface area contributed by atoms with Crippen molar-refractivity contribution in [3.8, 4) is 0 Å². The fraction of sp³-hybridized carbons (Fsp3) is 0.625. The SMILES string of the molecule is CC(C)CCOCCC(CO)Cc1ccccc1Br. The maximum atomic E-state index is 9.45. The van der Waals surface area contributed by atoms with Gasteiger partial charge < -0.3 is 9.84 Å². The summed E-state index contributed by atoms with van der Waals surface area (Å²) < 4.78 is 6.74. The molecular formula is C16H25BrO2. The summed E-state index contributed by atoms with van der Waals surface area (Å²) in [7, 11) is 0. The first kappa shape index (κ1) is 16.7. The standard InChI is InChI=1S/C16H25BrO2/c1-13(2)7-9-19-10-8-14(12-18)11-15-5-3-4-6-16(15)17/h3-6,13-14,18H,7-12H2,1-2H3. The Hall–Kier alpha value is -0.380. The molecule has 0 heterocycles. The predicted molar refractivity (Wildman–Crippen MR) is 83.3 cm³/mol. The van der Waals surface area contributed by atoms with Gasteiger partial charge >= 0.3 is 0 Å². The summed E-state index contributed by atoms with van der Waals surface area (Å²) >= 11 is 3.55. The van der Waals surface area contributed by atoms with Crippen molar-refractivity contribution in [3.05, 3.63) is 34.3 Å². The zero-order valence-electron chi connectivity index (χ0n) is 11.9. The van der Waals surface area contributed by atoms with Crippen molar-refractivity contribution >= 4 is 15.9 Å². The molecule has 0 aliphatic rings. The molecule has 0 aliphatic heterocycles. The van der Waals surface area contributed by atoms with Gasteiger partial charge in [-0.3, -0.25) is 0 Å². The Morgan fingerprint density at radius 1 is 1.16 bits per heavy atom. The average molecular weight is 329 g/mol. The van der Waals surface area contributed by atoms with Crippen LogP contribution in [0.4, 0.5) is 0 Å². The molecule has 0 saturated carbocycles. The van der Waals surface area contributed by atoms with Crippen molar-refractivity contribution in [2.45, 2.75) is 33.1 Å². The number of hydrogen-bond donors (Lipinski definition) is 1. The molecule has 1 aromatic carbocycles. The van der Waals surface area contributed by atoms with Crippen LogP contribution in [-0.2, 0) is 11.2 Å². The van der Waals surface area contributed by atoms with Gasteiger partial charge in [0.15, 0.2) is 0 Å². The molecule has 1 atom stereocenters. The Morgan fingerprint density at radius 3 is 2.47 bits per heavy atom. The minimum Gasteiger partial charge on any atom is -0.396 e. The number of benzene rings is 1. The number of halogens is 1. The fourth-order valence-corrected chi connectivity index (χ4v) is 2.35. The zero-order valence-corrected chi connectivity index (χ0v) is 13.5. The molecule has 0 bridgehead atoms. The van der Waals surface area contributed by atoms with Crippen LogP contribution >= 0.6 is 15.9 Å². The van der Waals surface area contributed by atoms with Crippen LogP contribution in [0, 0.1) is 11.8 Å². The van der Waals surface area contributed by atoms with E-state index in [1.54, 1.807) is 0 Å². The summed E-state index contributed by atoms with van der Waals surface area (Å²) in [5.41, 5.74) is 1.25. The van der Waals surface area contributed by atoms with Gasteiger partial charge in [0, 0.05) is 24.3 Å². The Kier molecular flexibility index (Phi) is 8.35. The molecule has 1 rings (SSSR count). The fourth-order valence-electron chi connectivity index (χ4n) is 1.90. The maximum absolute atomic E-state index is 9.45. The van der Waals surface area contributed by atoms with Gasteiger partial charge in [-0.05, 0) is 42.7 Å². The number of hydrogen-bond acceptors (Lipinski definition) is 2. The molecule has 0 radical (unpaired) electrons. The molecular weight excluding hydrogens is 304 g/mol. The van der Waals surface area contributed by atoms with E-state index >= 15 is 0 Å². The second kappa shape index (κ2) is 9.51. The van der Waals surface area contributed by atoms with E-state index < -0.39 is 0 Å². The lowest BCUT2D eigenvalue weighted by molar-refractivity contribution is 0.0984. The molecule has 2 nitrogen and oxygen atoms in total.